The fraction of sp³-hybridized carbons (Fsp3) is 0.878. The van der Waals surface area contributed by atoms with Crippen LogP contribution in [0.1, 0.15) is 219 Å². The Bertz CT molecular complexity index is 597. The zero-order valence-electron chi connectivity index (χ0n) is 30.1. The molecule has 0 atom stereocenters. The molecule has 0 aromatic rings. The van der Waals surface area contributed by atoms with E-state index in [0.29, 0.717) is 13.2 Å². The van der Waals surface area contributed by atoms with Gasteiger partial charge in [0.15, 0.2) is 0 Å². The fourth-order valence-electron chi connectivity index (χ4n) is 5.76. The number of carbonyl (C=O) groups is 1. The molecule has 0 aromatic carbocycles. The van der Waals surface area contributed by atoms with Crippen LogP contribution in [-0.2, 0) is 9.47 Å². The summed E-state index contributed by atoms with van der Waals surface area (Å²) in [5.41, 5.74) is 0. The number of rotatable bonds is 36. The Morgan fingerprint density at radius 1 is 0.341 bits per heavy atom. The summed E-state index contributed by atoms with van der Waals surface area (Å²) in [6, 6.07) is 0. The lowest BCUT2D eigenvalue weighted by Crippen LogP contribution is -2.09. The third-order valence-corrected chi connectivity index (χ3v) is 8.75. The van der Waals surface area contributed by atoms with Gasteiger partial charge in [0.05, 0.1) is 13.2 Å². The van der Waals surface area contributed by atoms with E-state index in [4.69, 9.17) is 9.47 Å². The topological polar surface area (TPSA) is 35.5 Å². The molecule has 0 spiro atoms. The van der Waals surface area contributed by atoms with Crippen molar-refractivity contribution < 1.29 is 14.3 Å². The fourth-order valence-corrected chi connectivity index (χ4v) is 5.76. The Kier molecular flexibility index (Phi) is 38.6. The lowest BCUT2D eigenvalue weighted by atomic mass is 10.1. The quantitative estimate of drug-likeness (QED) is 0.0398. The van der Waals surface area contributed by atoms with Crippen LogP contribution in [-0.4, -0.2) is 19.4 Å². The average Bonchev–Trinajstić information content (AvgIpc) is 3.03. The van der Waals surface area contributed by atoms with Crippen LogP contribution in [0.5, 0.6) is 0 Å². The van der Waals surface area contributed by atoms with E-state index in [1.54, 1.807) is 0 Å². The van der Waals surface area contributed by atoms with Gasteiger partial charge in [0.2, 0.25) is 0 Å². The molecule has 3 nitrogen and oxygen atoms in total. The van der Waals surface area contributed by atoms with Gasteiger partial charge in [0.1, 0.15) is 0 Å². The van der Waals surface area contributed by atoms with Crippen molar-refractivity contribution in [3.63, 3.8) is 0 Å². The third kappa shape index (κ3) is 38.8. The molecular weight excluding hydrogens is 540 g/mol. The van der Waals surface area contributed by atoms with Gasteiger partial charge in [-0.15, -0.1) is 0 Å². The molecule has 0 aliphatic heterocycles. The Morgan fingerprint density at radius 3 is 0.841 bits per heavy atom. The van der Waals surface area contributed by atoms with E-state index >= 15 is 0 Å². The average molecular weight is 619 g/mol. The molecule has 0 saturated carbocycles. The Hall–Kier alpha value is -1.25. The van der Waals surface area contributed by atoms with Crippen LogP contribution in [0.2, 0.25) is 0 Å². The second-order valence-electron chi connectivity index (χ2n) is 13.2. The minimum Gasteiger partial charge on any atom is -0.434 e. The van der Waals surface area contributed by atoms with Crippen molar-refractivity contribution >= 4 is 6.16 Å². The maximum absolute atomic E-state index is 11.7. The van der Waals surface area contributed by atoms with Crippen LogP contribution in [0.4, 0.5) is 4.79 Å². The maximum Gasteiger partial charge on any atom is 0.508 e. The highest BCUT2D eigenvalue weighted by atomic mass is 16.7. The number of ether oxygens (including phenoxy) is 2. The molecule has 0 bridgehead atoms. The molecule has 0 N–H and O–H groups in total. The molecule has 0 unspecified atom stereocenters. The third-order valence-electron chi connectivity index (χ3n) is 8.75. The summed E-state index contributed by atoms with van der Waals surface area (Å²) in [4.78, 5) is 11.7. The molecule has 0 saturated heterocycles. The zero-order valence-corrected chi connectivity index (χ0v) is 30.1. The standard InChI is InChI=1S/C41H78O3/c1-3-5-7-9-11-13-15-17-19-21-22-23-24-26-28-30-32-34-36-38-40-44-41(42)43-39-37-35-33-31-29-27-25-20-18-16-14-12-10-8-6-4-2/h17-20H,3-16,21-40H2,1-2H3/b19-17-,20-18-. The van der Waals surface area contributed by atoms with Crippen LogP contribution in [0, 0.1) is 0 Å². The molecule has 0 heterocycles. The van der Waals surface area contributed by atoms with Crippen LogP contribution in [0.3, 0.4) is 0 Å². The monoisotopic (exact) mass is 619 g/mol. The molecule has 0 amide bonds. The molecule has 3 heteroatoms. The first-order valence-corrected chi connectivity index (χ1v) is 19.9. The van der Waals surface area contributed by atoms with Gasteiger partial charge in [-0.25, -0.2) is 4.79 Å². The lowest BCUT2D eigenvalue weighted by molar-refractivity contribution is 0.0529. The van der Waals surface area contributed by atoms with E-state index < -0.39 is 6.16 Å². The highest BCUT2D eigenvalue weighted by Gasteiger charge is 2.03. The summed E-state index contributed by atoms with van der Waals surface area (Å²) in [6.45, 7) is 5.56. The van der Waals surface area contributed by atoms with E-state index in [2.05, 4.69) is 38.2 Å². The normalized spacial score (nSPS) is 11.7. The molecule has 260 valence electrons. The molecule has 0 fully saturated rings. The van der Waals surface area contributed by atoms with E-state index in [1.807, 2.05) is 0 Å². The van der Waals surface area contributed by atoms with Crippen molar-refractivity contribution in [3.8, 4) is 0 Å². The second-order valence-corrected chi connectivity index (χ2v) is 13.2. The van der Waals surface area contributed by atoms with Gasteiger partial charge in [0.25, 0.3) is 0 Å². The summed E-state index contributed by atoms with van der Waals surface area (Å²) < 4.78 is 10.5. The molecule has 0 aromatic heterocycles. The summed E-state index contributed by atoms with van der Waals surface area (Å²) in [5, 5.41) is 0. The van der Waals surface area contributed by atoms with Gasteiger partial charge in [-0.1, -0.05) is 179 Å². The summed E-state index contributed by atoms with van der Waals surface area (Å²) in [6.07, 6.45) is 50.9. The van der Waals surface area contributed by atoms with Crippen molar-refractivity contribution in [2.24, 2.45) is 0 Å². The first kappa shape index (κ1) is 42.8. The maximum atomic E-state index is 11.7. The highest BCUT2D eigenvalue weighted by Crippen LogP contribution is 2.13. The van der Waals surface area contributed by atoms with E-state index in [-0.39, 0.29) is 0 Å². The van der Waals surface area contributed by atoms with E-state index in [0.717, 1.165) is 25.7 Å². The minimum atomic E-state index is -0.481. The van der Waals surface area contributed by atoms with Gasteiger partial charge in [0, 0.05) is 0 Å². The molecular formula is C41H78O3. The number of unbranched alkanes of at least 4 members (excludes halogenated alkanes) is 28. The number of hydrogen-bond acceptors (Lipinski definition) is 3. The largest absolute Gasteiger partial charge is 0.508 e. The van der Waals surface area contributed by atoms with Gasteiger partial charge in [-0.2, -0.15) is 0 Å². The molecule has 0 aliphatic rings. The molecule has 0 rings (SSSR count). The van der Waals surface area contributed by atoms with Gasteiger partial charge >= 0.3 is 6.16 Å². The smallest absolute Gasteiger partial charge is 0.434 e. The van der Waals surface area contributed by atoms with Crippen molar-refractivity contribution in [1.29, 1.82) is 0 Å². The summed E-state index contributed by atoms with van der Waals surface area (Å²) in [7, 11) is 0. The van der Waals surface area contributed by atoms with Crippen LogP contribution >= 0.6 is 0 Å². The Labute approximate surface area is 276 Å². The second kappa shape index (κ2) is 39.8. The minimum absolute atomic E-state index is 0.481. The van der Waals surface area contributed by atoms with E-state index in [9.17, 15) is 4.79 Å². The number of carbonyl (C=O) groups excluding carboxylic acids is 1. The van der Waals surface area contributed by atoms with Crippen molar-refractivity contribution in [2.45, 2.75) is 219 Å². The van der Waals surface area contributed by atoms with Crippen molar-refractivity contribution in [3.05, 3.63) is 24.3 Å². The van der Waals surface area contributed by atoms with Gasteiger partial charge in [-0.3, -0.25) is 0 Å². The predicted octanol–water partition coefficient (Wildman–Crippen LogP) is 14.8. The molecule has 0 aliphatic carbocycles. The number of hydrogen-bond donors (Lipinski definition) is 0. The zero-order chi connectivity index (χ0) is 31.9. The Morgan fingerprint density at radius 2 is 0.568 bits per heavy atom. The highest BCUT2D eigenvalue weighted by molar-refractivity contribution is 5.59. The van der Waals surface area contributed by atoms with Crippen LogP contribution in [0.25, 0.3) is 0 Å². The first-order chi connectivity index (χ1) is 21.8. The van der Waals surface area contributed by atoms with Gasteiger partial charge < -0.3 is 9.47 Å². The molecule has 0 radical (unpaired) electrons. The van der Waals surface area contributed by atoms with Crippen molar-refractivity contribution in [2.75, 3.05) is 13.2 Å². The number of allylic oxidation sites excluding steroid dienone is 4. The SMILES string of the molecule is CCCCCCCC/C=C\CCCCCCCCCCCCOC(=O)OCCCCCCCC/C=C\CCCCCCCC. The van der Waals surface area contributed by atoms with Crippen molar-refractivity contribution in [1.82, 2.24) is 0 Å². The van der Waals surface area contributed by atoms with Gasteiger partial charge in [-0.05, 0) is 64.2 Å². The predicted molar refractivity (Wildman–Crippen MR) is 195 cm³/mol. The first-order valence-electron chi connectivity index (χ1n) is 19.9. The Balaban J connectivity index is 3.21. The van der Waals surface area contributed by atoms with Crippen LogP contribution in [0.15, 0.2) is 24.3 Å². The summed E-state index contributed by atoms with van der Waals surface area (Å²) >= 11 is 0. The van der Waals surface area contributed by atoms with E-state index in [1.165, 1.54) is 180 Å². The lowest BCUT2D eigenvalue weighted by Gasteiger charge is -2.06. The van der Waals surface area contributed by atoms with Crippen LogP contribution < -0.4 is 0 Å². The molecule has 44 heavy (non-hydrogen) atoms. The summed E-state index contributed by atoms with van der Waals surface area (Å²) in [5.74, 6) is 0.